The predicted octanol–water partition coefficient (Wildman–Crippen LogP) is 1.79. The summed E-state index contributed by atoms with van der Waals surface area (Å²) in [5, 5.41) is 3.21. The molecule has 0 radical (unpaired) electrons. The minimum absolute atomic E-state index is 0. The fraction of sp³-hybridized carbons (Fsp3) is 0.900. The topological polar surface area (TPSA) is 41.6 Å². The van der Waals surface area contributed by atoms with Gasteiger partial charge in [-0.05, 0) is 6.04 Å². The lowest BCUT2D eigenvalue weighted by atomic mass is 10.4. The molecule has 1 rings (SSSR count). The van der Waals surface area contributed by atoms with Gasteiger partial charge in [0.2, 0.25) is 0 Å². The Hall–Kier alpha value is -0.263. The number of halogens is 1. The van der Waals surface area contributed by atoms with E-state index in [0.29, 0.717) is 6.61 Å². The fourth-order valence-corrected chi connectivity index (χ4v) is 2.10. The number of nitrogens with one attached hydrogen (secondary N) is 1. The molecule has 0 aromatic heterocycles. The Balaban J connectivity index is 0.00000225. The summed E-state index contributed by atoms with van der Waals surface area (Å²) in [7, 11) is -1.08. The molecule has 0 unspecified atom stereocenters. The summed E-state index contributed by atoms with van der Waals surface area (Å²) in [5.74, 6) is 0. The van der Waals surface area contributed by atoms with Crippen LogP contribution < -0.4 is 5.32 Å². The van der Waals surface area contributed by atoms with Gasteiger partial charge in [-0.3, -0.25) is 0 Å². The summed E-state index contributed by atoms with van der Waals surface area (Å²) in [5.41, 5.74) is 0. The molecule has 1 aliphatic heterocycles. The van der Waals surface area contributed by atoms with Gasteiger partial charge in [-0.25, -0.2) is 4.79 Å². The number of nitrogens with zero attached hydrogens (tertiary/aromatic N) is 1. The van der Waals surface area contributed by atoms with Crippen LogP contribution in [0.15, 0.2) is 0 Å². The predicted molar refractivity (Wildman–Crippen MR) is 71.2 cm³/mol. The molecule has 0 spiro atoms. The minimum atomic E-state index is -1.08. The van der Waals surface area contributed by atoms with Gasteiger partial charge in [0.1, 0.15) is 0 Å². The van der Waals surface area contributed by atoms with E-state index >= 15 is 0 Å². The van der Waals surface area contributed by atoms with E-state index in [1.807, 2.05) is 0 Å². The number of ether oxygens (including phenoxy) is 1. The van der Waals surface area contributed by atoms with E-state index in [0.717, 1.165) is 32.2 Å². The van der Waals surface area contributed by atoms with Crippen LogP contribution in [0.3, 0.4) is 0 Å². The zero-order chi connectivity index (χ0) is 11.3. The molecule has 1 saturated heterocycles. The van der Waals surface area contributed by atoms with E-state index < -0.39 is 8.07 Å². The number of carbonyl (C=O) groups is 1. The normalized spacial score (nSPS) is 16.6. The first-order valence-corrected chi connectivity index (χ1v) is 9.32. The van der Waals surface area contributed by atoms with E-state index in [4.69, 9.17) is 4.74 Å². The number of carbonyl (C=O) groups excluding carboxylic acids is 1. The lowest BCUT2D eigenvalue weighted by Gasteiger charge is -2.27. The molecular formula is C10H23ClN2O2Si. The van der Waals surface area contributed by atoms with Crippen LogP contribution in [0.25, 0.3) is 0 Å². The molecule has 0 atom stereocenters. The number of rotatable bonds is 3. The first-order valence-electron chi connectivity index (χ1n) is 5.61. The molecule has 1 fully saturated rings. The first-order chi connectivity index (χ1) is 6.99. The maximum atomic E-state index is 11.6. The smallest absolute Gasteiger partial charge is 0.409 e. The third-order valence-corrected chi connectivity index (χ3v) is 4.16. The van der Waals surface area contributed by atoms with Gasteiger partial charge in [0, 0.05) is 34.3 Å². The number of hydrogen-bond acceptors (Lipinski definition) is 3. The van der Waals surface area contributed by atoms with Gasteiger partial charge in [0.05, 0.1) is 6.61 Å². The minimum Gasteiger partial charge on any atom is -0.450 e. The van der Waals surface area contributed by atoms with E-state index in [2.05, 4.69) is 25.0 Å². The quantitative estimate of drug-likeness (QED) is 0.792. The van der Waals surface area contributed by atoms with Crippen molar-refractivity contribution in [2.45, 2.75) is 25.7 Å². The molecule has 0 saturated carbocycles. The highest BCUT2D eigenvalue weighted by molar-refractivity contribution is 6.76. The second-order valence-corrected chi connectivity index (χ2v) is 10.8. The first kappa shape index (κ1) is 15.7. The standard InChI is InChI=1S/C10H22N2O2Si.ClH/c1-15(2,3)9-8-14-10(13)12-6-4-11-5-7-12;/h11H,4-9H2,1-3H3;1H. The van der Waals surface area contributed by atoms with Crippen molar-refractivity contribution in [3.63, 3.8) is 0 Å². The number of amides is 1. The van der Waals surface area contributed by atoms with Crippen LogP contribution in [-0.4, -0.2) is 51.9 Å². The average molecular weight is 267 g/mol. The Labute approximate surface area is 105 Å². The van der Waals surface area contributed by atoms with Crippen LogP contribution in [0.1, 0.15) is 0 Å². The second-order valence-electron chi connectivity index (χ2n) is 5.16. The van der Waals surface area contributed by atoms with Gasteiger partial charge in [-0.1, -0.05) is 19.6 Å². The fourth-order valence-electron chi connectivity index (χ4n) is 1.38. The zero-order valence-corrected chi connectivity index (χ0v) is 12.2. The Bertz CT molecular complexity index is 215. The van der Waals surface area contributed by atoms with Gasteiger partial charge >= 0.3 is 6.09 Å². The van der Waals surface area contributed by atoms with Crippen molar-refractivity contribution in [2.75, 3.05) is 32.8 Å². The molecule has 0 aliphatic carbocycles. The molecule has 6 heteroatoms. The van der Waals surface area contributed by atoms with Crippen LogP contribution in [-0.2, 0) is 4.74 Å². The molecule has 1 amide bonds. The third kappa shape index (κ3) is 6.35. The highest BCUT2D eigenvalue weighted by Gasteiger charge is 2.19. The molecule has 96 valence electrons. The Morgan fingerprint density at radius 3 is 2.38 bits per heavy atom. The van der Waals surface area contributed by atoms with Gasteiger partial charge < -0.3 is 15.0 Å². The summed E-state index contributed by atoms with van der Waals surface area (Å²) in [6, 6.07) is 1.05. The van der Waals surface area contributed by atoms with Crippen molar-refractivity contribution in [3.8, 4) is 0 Å². The molecular weight excluding hydrogens is 244 g/mol. The molecule has 1 aliphatic rings. The molecule has 1 N–H and O–H groups in total. The highest BCUT2D eigenvalue weighted by Crippen LogP contribution is 2.08. The summed E-state index contributed by atoms with van der Waals surface area (Å²) < 4.78 is 5.25. The Kier molecular flexibility index (Phi) is 7.02. The van der Waals surface area contributed by atoms with E-state index in [1.54, 1.807) is 4.90 Å². The summed E-state index contributed by atoms with van der Waals surface area (Å²) in [6.07, 6.45) is -0.144. The summed E-state index contributed by atoms with van der Waals surface area (Å²) in [6.45, 7) is 10.7. The van der Waals surface area contributed by atoms with E-state index in [1.165, 1.54) is 0 Å². The monoisotopic (exact) mass is 266 g/mol. The van der Waals surface area contributed by atoms with Gasteiger partial charge in [0.25, 0.3) is 0 Å². The van der Waals surface area contributed by atoms with Crippen LogP contribution in [0.4, 0.5) is 4.79 Å². The Morgan fingerprint density at radius 1 is 1.31 bits per heavy atom. The summed E-state index contributed by atoms with van der Waals surface area (Å²) in [4.78, 5) is 13.4. The Morgan fingerprint density at radius 2 is 1.88 bits per heavy atom. The largest absolute Gasteiger partial charge is 0.450 e. The number of piperazine rings is 1. The van der Waals surface area contributed by atoms with Crippen LogP contribution in [0.5, 0.6) is 0 Å². The highest BCUT2D eigenvalue weighted by atomic mass is 35.5. The van der Waals surface area contributed by atoms with Crippen molar-refractivity contribution in [1.29, 1.82) is 0 Å². The maximum absolute atomic E-state index is 11.6. The van der Waals surface area contributed by atoms with Crippen molar-refractivity contribution in [1.82, 2.24) is 10.2 Å². The zero-order valence-electron chi connectivity index (χ0n) is 10.4. The molecule has 0 aromatic carbocycles. The van der Waals surface area contributed by atoms with Crippen LogP contribution in [0.2, 0.25) is 25.7 Å². The lowest BCUT2D eigenvalue weighted by Crippen LogP contribution is -2.46. The van der Waals surface area contributed by atoms with Crippen molar-refractivity contribution in [3.05, 3.63) is 0 Å². The molecule has 4 nitrogen and oxygen atoms in total. The van der Waals surface area contributed by atoms with Gasteiger partial charge in [-0.2, -0.15) is 0 Å². The molecule has 1 heterocycles. The van der Waals surface area contributed by atoms with Crippen LogP contribution >= 0.6 is 12.4 Å². The summed E-state index contributed by atoms with van der Waals surface area (Å²) >= 11 is 0. The van der Waals surface area contributed by atoms with E-state index in [9.17, 15) is 4.79 Å². The number of hydrogen-bond donors (Lipinski definition) is 1. The van der Waals surface area contributed by atoms with E-state index in [-0.39, 0.29) is 18.5 Å². The van der Waals surface area contributed by atoms with Crippen molar-refractivity contribution in [2.24, 2.45) is 0 Å². The van der Waals surface area contributed by atoms with Gasteiger partial charge in [0.15, 0.2) is 0 Å². The van der Waals surface area contributed by atoms with Crippen LogP contribution in [0, 0.1) is 0 Å². The molecule has 16 heavy (non-hydrogen) atoms. The van der Waals surface area contributed by atoms with Gasteiger partial charge in [-0.15, -0.1) is 12.4 Å². The average Bonchev–Trinajstić information content (AvgIpc) is 2.17. The SMILES string of the molecule is C[Si](C)(C)CCOC(=O)N1CCNCC1.Cl. The van der Waals surface area contributed by atoms with Crippen molar-refractivity contribution >= 4 is 26.6 Å². The van der Waals surface area contributed by atoms with Crippen molar-refractivity contribution < 1.29 is 9.53 Å². The molecule has 0 bridgehead atoms. The second kappa shape index (κ2) is 7.14. The maximum Gasteiger partial charge on any atom is 0.409 e. The molecule has 0 aromatic rings. The third-order valence-electron chi connectivity index (χ3n) is 2.45. The lowest BCUT2D eigenvalue weighted by molar-refractivity contribution is 0.102.